The molecule has 1 N–H and O–H groups in total. The zero-order valence-corrected chi connectivity index (χ0v) is 12.8. The molecule has 0 aromatic heterocycles. The van der Waals surface area contributed by atoms with Crippen molar-refractivity contribution in [1.29, 1.82) is 0 Å². The zero-order valence-electron chi connectivity index (χ0n) is 11.2. The highest BCUT2D eigenvalue weighted by molar-refractivity contribution is 9.10. The van der Waals surface area contributed by atoms with E-state index >= 15 is 0 Å². The maximum atomic E-state index is 12.0. The van der Waals surface area contributed by atoms with E-state index in [2.05, 4.69) is 21.2 Å². The number of benzene rings is 2. The lowest BCUT2D eigenvalue weighted by Gasteiger charge is -2.09. The van der Waals surface area contributed by atoms with Gasteiger partial charge in [-0.15, -0.1) is 0 Å². The van der Waals surface area contributed by atoms with E-state index in [0.29, 0.717) is 18.7 Å². The maximum absolute atomic E-state index is 12.0. The molecule has 0 bridgehead atoms. The van der Waals surface area contributed by atoms with E-state index in [0.717, 1.165) is 15.8 Å². The molecule has 0 fully saturated rings. The first-order valence-corrected chi connectivity index (χ1v) is 7.19. The van der Waals surface area contributed by atoms with Crippen molar-refractivity contribution >= 4 is 21.8 Å². The van der Waals surface area contributed by atoms with Crippen molar-refractivity contribution in [2.45, 2.75) is 6.92 Å². The molecule has 0 heterocycles. The van der Waals surface area contributed by atoms with Gasteiger partial charge in [0.2, 0.25) is 0 Å². The van der Waals surface area contributed by atoms with Crippen LogP contribution in [0.3, 0.4) is 0 Å². The first kappa shape index (κ1) is 14.6. The Morgan fingerprint density at radius 1 is 1.15 bits per heavy atom. The smallest absolute Gasteiger partial charge is 0.252 e. The molecule has 0 atom stereocenters. The van der Waals surface area contributed by atoms with Gasteiger partial charge in [0.15, 0.2) is 0 Å². The number of halogens is 1. The second-order valence-electron chi connectivity index (χ2n) is 4.35. The summed E-state index contributed by atoms with van der Waals surface area (Å²) < 4.78 is 6.35. The van der Waals surface area contributed by atoms with Crippen LogP contribution in [-0.2, 0) is 0 Å². The van der Waals surface area contributed by atoms with Gasteiger partial charge in [-0.2, -0.15) is 0 Å². The number of hydrogen-bond acceptors (Lipinski definition) is 2. The molecule has 0 unspecified atom stereocenters. The summed E-state index contributed by atoms with van der Waals surface area (Å²) in [5.74, 6) is 0.704. The summed E-state index contributed by atoms with van der Waals surface area (Å²) in [5, 5.41) is 2.84. The lowest BCUT2D eigenvalue weighted by molar-refractivity contribution is 0.0946. The van der Waals surface area contributed by atoms with E-state index in [9.17, 15) is 4.79 Å². The van der Waals surface area contributed by atoms with Crippen molar-refractivity contribution in [1.82, 2.24) is 5.32 Å². The summed E-state index contributed by atoms with van der Waals surface area (Å²) in [6.45, 7) is 2.87. The van der Waals surface area contributed by atoms with Crippen molar-refractivity contribution in [2.75, 3.05) is 13.2 Å². The Morgan fingerprint density at radius 2 is 1.90 bits per heavy atom. The highest BCUT2D eigenvalue weighted by atomic mass is 79.9. The second kappa shape index (κ2) is 7.10. The molecule has 0 aliphatic carbocycles. The summed E-state index contributed by atoms with van der Waals surface area (Å²) in [5.41, 5.74) is 1.68. The summed E-state index contributed by atoms with van der Waals surface area (Å²) >= 11 is 3.43. The molecule has 2 aromatic rings. The molecule has 4 heteroatoms. The van der Waals surface area contributed by atoms with Crippen LogP contribution in [0.1, 0.15) is 15.9 Å². The van der Waals surface area contributed by atoms with Gasteiger partial charge in [-0.25, -0.2) is 0 Å². The van der Waals surface area contributed by atoms with Gasteiger partial charge < -0.3 is 10.1 Å². The molecule has 3 nitrogen and oxygen atoms in total. The fourth-order valence-corrected chi connectivity index (χ4v) is 2.21. The number of nitrogens with one attached hydrogen (secondary N) is 1. The van der Waals surface area contributed by atoms with Crippen molar-refractivity contribution in [3.63, 3.8) is 0 Å². The lowest BCUT2D eigenvalue weighted by Crippen LogP contribution is -2.28. The molecule has 104 valence electrons. The molecule has 0 spiro atoms. The highest BCUT2D eigenvalue weighted by Gasteiger charge is 2.10. The van der Waals surface area contributed by atoms with Crippen LogP contribution in [-0.4, -0.2) is 19.1 Å². The molecule has 0 saturated carbocycles. The average Bonchev–Trinajstić information content (AvgIpc) is 2.47. The van der Waals surface area contributed by atoms with Gasteiger partial charge in [0.1, 0.15) is 12.4 Å². The first-order valence-electron chi connectivity index (χ1n) is 6.39. The van der Waals surface area contributed by atoms with Crippen LogP contribution < -0.4 is 10.1 Å². The molecule has 0 aliphatic rings. The number of ether oxygens (including phenoxy) is 1. The Bertz CT molecular complexity index is 584. The minimum atomic E-state index is -0.0998. The molecule has 20 heavy (non-hydrogen) atoms. The predicted molar refractivity (Wildman–Crippen MR) is 83.1 cm³/mol. The normalized spacial score (nSPS) is 10.1. The van der Waals surface area contributed by atoms with Crippen molar-refractivity contribution in [3.05, 3.63) is 64.1 Å². The fourth-order valence-electron chi connectivity index (χ4n) is 1.77. The number of rotatable bonds is 5. The molecule has 1 amide bonds. The van der Waals surface area contributed by atoms with Crippen LogP contribution in [0.25, 0.3) is 0 Å². The van der Waals surface area contributed by atoms with Crippen LogP contribution in [0, 0.1) is 6.92 Å². The van der Waals surface area contributed by atoms with Gasteiger partial charge in [0.05, 0.1) is 12.1 Å². The SMILES string of the molecule is Cc1cccc(C(=O)NCCOc2ccccc2)c1Br. The Labute approximate surface area is 127 Å². The fraction of sp³-hybridized carbons (Fsp3) is 0.188. The van der Waals surface area contributed by atoms with Crippen LogP contribution >= 0.6 is 15.9 Å². The van der Waals surface area contributed by atoms with Gasteiger partial charge in [0, 0.05) is 4.47 Å². The second-order valence-corrected chi connectivity index (χ2v) is 5.15. The van der Waals surface area contributed by atoms with Gasteiger partial charge in [-0.05, 0) is 46.6 Å². The number of carbonyl (C=O) groups is 1. The van der Waals surface area contributed by atoms with E-state index in [1.807, 2.05) is 49.4 Å². The first-order chi connectivity index (χ1) is 9.68. The highest BCUT2D eigenvalue weighted by Crippen LogP contribution is 2.20. The van der Waals surface area contributed by atoms with Crippen LogP contribution in [0.2, 0.25) is 0 Å². The number of para-hydroxylation sites is 1. The minimum Gasteiger partial charge on any atom is -0.492 e. The van der Waals surface area contributed by atoms with Gasteiger partial charge in [-0.3, -0.25) is 4.79 Å². The van der Waals surface area contributed by atoms with Crippen molar-refractivity contribution < 1.29 is 9.53 Å². The molecule has 2 aromatic carbocycles. The van der Waals surface area contributed by atoms with E-state index in [1.54, 1.807) is 6.07 Å². The number of amides is 1. The molecule has 0 saturated heterocycles. The lowest BCUT2D eigenvalue weighted by atomic mass is 10.1. The Morgan fingerprint density at radius 3 is 2.65 bits per heavy atom. The summed E-state index contributed by atoms with van der Waals surface area (Å²) in [6.07, 6.45) is 0. The minimum absolute atomic E-state index is 0.0998. The molecular formula is C16H16BrNO2. The van der Waals surface area contributed by atoms with E-state index in [1.165, 1.54) is 0 Å². The van der Waals surface area contributed by atoms with Crippen LogP contribution in [0.4, 0.5) is 0 Å². The quantitative estimate of drug-likeness (QED) is 0.849. The predicted octanol–water partition coefficient (Wildman–Crippen LogP) is 3.57. The van der Waals surface area contributed by atoms with E-state index in [-0.39, 0.29) is 5.91 Å². The monoisotopic (exact) mass is 333 g/mol. The third-order valence-corrected chi connectivity index (χ3v) is 3.89. The Hall–Kier alpha value is -1.81. The maximum Gasteiger partial charge on any atom is 0.252 e. The number of hydrogen-bond donors (Lipinski definition) is 1. The van der Waals surface area contributed by atoms with E-state index in [4.69, 9.17) is 4.74 Å². The summed E-state index contributed by atoms with van der Waals surface area (Å²) in [6, 6.07) is 15.2. The third kappa shape index (κ3) is 3.84. The van der Waals surface area contributed by atoms with Crippen LogP contribution in [0.15, 0.2) is 53.0 Å². The Kier molecular flexibility index (Phi) is 5.18. The number of carbonyl (C=O) groups excluding carboxylic acids is 1. The number of aryl methyl sites for hydroxylation is 1. The van der Waals surface area contributed by atoms with Gasteiger partial charge in [0.25, 0.3) is 5.91 Å². The van der Waals surface area contributed by atoms with Crippen molar-refractivity contribution in [3.8, 4) is 5.75 Å². The molecule has 2 rings (SSSR count). The summed E-state index contributed by atoms with van der Waals surface area (Å²) in [7, 11) is 0. The molecule has 0 radical (unpaired) electrons. The summed E-state index contributed by atoms with van der Waals surface area (Å²) in [4.78, 5) is 12.0. The standard InChI is InChI=1S/C16H16BrNO2/c1-12-6-5-9-14(15(12)17)16(19)18-10-11-20-13-7-3-2-4-8-13/h2-9H,10-11H2,1H3,(H,18,19). The molecule has 0 aliphatic heterocycles. The molecular weight excluding hydrogens is 318 g/mol. The average molecular weight is 334 g/mol. The zero-order chi connectivity index (χ0) is 14.4. The largest absolute Gasteiger partial charge is 0.492 e. The Balaban J connectivity index is 1.82. The van der Waals surface area contributed by atoms with Gasteiger partial charge in [-0.1, -0.05) is 30.3 Å². The third-order valence-electron chi connectivity index (χ3n) is 2.84. The topological polar surface area (TPSA) is 38.3 Å². The van der Waals surface area contributed by atoms with Gasteiger partial charge >= 0.3 is 0 Å². The van der Waals surface area contributed by atoms with E-state index < -0.39 is 0 Å². The van der Waals surface area contributed by atoms with Crippen molar-refractivity contribution in [2.24, 2.45) is 0 Å². The van der Waals surface area contributed by atoms with Crippen LogP contribution in [0.5, 0.6) is 5.75 Å².